The van der Waals surface area contributed by atoms with Gasteiger partial charge in [-0.05, 0) is 37.0 Å². The molecular weight excluding hydrogens is 233 g/mol. The molecule has 0 saturated heterocycles. The number of alkyl halides is 3. The minimum Gasteiger partial charge on any atom is -0.481 e. The number of aryl methyl sites for hydroxylation is 2. The van der Waals surface area contributed by atoms with Gasteiger partial charge in [-0.25, -0.2) is 0 Å². The zero-order chi connectivity index (χ0) is 13.2. The third-order valence-corrected chi connectivity index (χ3v) is 2.70. The van der Waals surface area contributed by atoms with Gasteiger partial charge in [-0.1, -0.05) is 18.2 Å². The number of rotatable bonds is 3. The number of halogens is 3. The molecule has 1 aromatic carbocycles. The number of carboxylic acid groups (broad SMARTS) is 1. The highest BCUT2D eigenvalue weighted by Crippen LogP contribution is 2.29. The van der Waals surface area contributed by atoms with Crippen molar-refractivity contribution in [3.05, 3.63) is 34.9 Å². The minimum absolute atomic E-state index is 0.387. The maximum absolute atomic E-state index is 12.5. The number of hydrogen-bond donors (Lipinski definition) is 1. The van der Waals surface area contributed by atoms with Crippen LogP contribution in [0.5, 0.6) is 0 Å². The first-order valence-electron chi connectivity index (χ1n) is 5.07. The molecule has 0 aliphatic heterocycles. The fourth-order valence-corrected chi connectivity index (χ4v) is 1.51. The summed E-state index contributed by atoms with van der Waals surface area (Å²) in [5.41, 5.74) is 2.21. The Morgan fingerprint density at radius 3 is 2.29 bits per heavy atom. The lowest BCUT2D eigenvalue weighted by Gasteiger charge is -2.16. The molecule has 0 fully saturated rings. The first kappa shape index (κ1) is 13.5. The summed E-state index contributed by atoms with van der Waals surface area (Å²) in [6.07, 6.45) is -5.25. The van der Waals surface area contributed by atoms with Gasteiger partial charge in [0.25, 0.3) is 0 Å². The van der Waals surface area contributed by atoms with E-state index in [-0.39, 0.29) is 0 Å². The quantitative estimate of drug-likeness (QED) is 0.889. The maximum atomic E-state index is 12.5. The first-order valence-corrected chi connectivity index (χ1v) is 5.07. The summed E-state index contributed by atoms with van der Waals surface area (Å²) in [5.74, 6) is -4.18. The Morgan fingerprint density at radius 2 is 1.88 bits per heavy atom. The molecule has 0 aliphatic carbocycles. The van der Waals surface area contributed by atoms with Crippen molar-refractivity contribution in [2.45, 2.75) is 26.4 Å². The van der Waals surface area contributed by atoms with E-state index in [1.54, 1.807) is 19.1 Å². The van der Waals surface area contributed by atoms with Gasteiger partial charge in [-0.3, -0.25) is 4.79 Å². The Labute approximate surface area is 97.1 Å². The van der Waals surface area contributed by atoms with Crippen LogP contribution in [0.1, 0.15) is 16.7 Å². The minimum atomic E-state index is -4.72. The molecule has 2 nitrogen and oxygen atoms in total. The van der Waals surface area contributed by atoms with Gasteiger partial charge in [0.05, 0.1) is 0 Å². The summed E-state index contributed by atoms with van der Waals surface area (Å²) in [7, 11) is 0. The summed E-state index contributed by atoms with van der Waals surface area (Å²) < 4.78 is 37.4. The van der Waals surface area contributed by atoms with Crippen LogP contribution < -0.4 is 0 Å². The molecule has 0 saturated carbocycles. The van der Waals surface area contributed by atoms with Crippen LogP contribution >= 0.6 is 0 Å². The molecule has 1 unspecified atom stereocenters. The first-order chi connectivity index (χ1) is 7.71. The van der Waals surface area contributed by atoms with Gasteiger partial charge in [-0.15, -0.1) is 0 Å². The average molecular weight is 246 g/mol. The second-order valence-electron chi connectivity index (χ2n) is 4.06. The normalized spacial score (nSPS) is 13.5. The fourth-order valence-electron chi connectivity index (χ4n) is 1.51. The molecule has 1 atom stereocenters. The standard InChI is InChI=1S/C12H13F3O2/c1-7-3-4-9(5-8(7)2)6-10(11(16)17)12(13,14)15/h3-5,10H,6H2,1-2H3,(H,16,17). The van der Waals surface area contributed by atoms with E-state index >= 15 is 0 Å². The van der Waals surface area contributed by atoms with E-state index < -0.39 is 24.5 Å². The van der Waals surface area contributed by atoms with Crippen molar-refractivity contribution in [2.75, 3.05) is 0 Å². The Morgan fingerprint density at radius 1 is 1.29 bits per heavy atom. The van der Waals surface area contributed by atoms with Gasteiger partial charge in [0.2, 0.25) is 0 Å². The molecule has 0 bridgehead atoms. The molecule has 17 heavy (non-hydrogen) atoms. The summed E-state index contributed by atoms with van der Waals surface area (Å²) in [6, 6.07) is 4.82. The molecule has 0 aromatic heterocycles. The van der Waals surface area contributed by atoms with Crippen molar-refractivity contribution in [2.24, 2.45) is 5.92 Å². The molecule has 0 heterocycles. The van der Waals surface area contributed by atoms with Gasteiger partial charge in [-0.2, -0.15) is 13.2 Å². The van der Waals surface area contributed by atoms with Gasteiger partial charge in [0.1, 0.15) is 0 Å². The molecule has 1 aromatic rings. The molecule has 0 spiro atoms. The molecule has 0 radical (unpaired) electrons. The van der Waals surface area contributed by atoms with Crippen LogP contribution in [0.15, 0.2) is 18.2 Å². The third-order valence-electron chi connectivity index (χ3n) is 2.70. The molecule has 1 rings (SSSR count). The van der Waals surface area contributed by atoms with Crippen LogP contribution in [-0.4, -0.2) is 17.3 Å². The van der Waals surface area contributed by atoms with E-state index in [0.29, 0.717) is 5.56 Å². The number of hydrogen-bond acceptors (Lipinski definition) is 1. The molecule has 0 amide bonds. The van der Waals surface area contributed by atoms with Gasteiger partial charge in [0.15, 0.2) is 5.92 Å². The largest absolute Gasteiger partial charge is 0.481 e. The number of carbonyl (C=O) groups is 1. The average Bonchev–Trinajstić information content (AvgIpc) is 2.17. The van der Waals surface area contributed by atoms with Gasteiger partial charge >= 0.3 is 12.1 Å². The number of carboxylic acids is 1. The van der Waals surface area contributed by atoms with Crippen molar-refractivity contribution in [1.29, 1.82) is 0 Å². The van der Waals surface area contributed by atoms with E-state index in [1.807, 2.05) is 6.92 Å². The second kappa shape index (κ2) is 4.77. The SMILES string of the molecule is Cc1ccc(CC(C(=O)O)C(F)(F)F)cc1C. The van der Waals surface area contributed by atoms with Crippen molar-refractivity contribution in [3.63, 3.8) is 0 Å². The molecule has 1 N–H and O–H groups in total. The van der Waals surface area contributed by atoms with E-state index in [9.17, 15) is 18.0 Å². The monoisotopic (exact) mass is 246 g/mol. The Balaban J connectivity index is 2.95. The lowest BCUT2D eigenvalue weighted by Crippen LogP contribution is -2.32. The topological polar surface area (TPSA) is 37.3 Å². The van der Waals surface area contributed by atoms with Crippen molar-refractivity contribution < 1.29 is 23.1 Å². The highest BCUT2D eigenvalue weighted by molar-refractivity contribution is 5.71. The van der Waals surface area contributed by atoms with E-state index in [0.717, 1.165) is 11.1 Å². The van der Waals surface area contributed by atoms with Crippen LogP contribution in [0, 0.1) is 19.8 Å². The lowest BCUT2D eigenvalue weighted by atomic mass is 9.96. The summed E-state index contributed by atoms with van der Waals surface area (Å²) in [5, 5.41) is 8.57. The Bertz CT molecular complexity index is 424. The zero-order valence-electron chi connectivity index (χ0n) is 9.51. The molecule has 0 aliphatic rings. The molecule has 5 heteroatoms. The Hall–Kier alpha value is -1.52. The molecular formula is C12H13F3O2. The van der Waals surface area contributed by atoms with E-state index in [1.165, 1.54) is 6.07 Å². The van der Waals surface area contributed by atoms with Crippen molar-refractivity contribution in [1.82, 2.24) is 0 Å². The van der Waals surface area contributed by atoms with Crippen LogP contribution in [0.2, 0.25) is 0 Å². The molecule has 94 valence electrons. The lowest BCUT2D eigenvalue weighted by molar-refractivity contribution is -0.193. The highest BCUT2D eigenvalue weighted by atomic mass is 19.4. The predicted octanol–water partition coefficient (Wildman–Crippen LogP) is 3.11. The Kier molecular flexibility index (Phi) is 3.80. The van der Waals surface area contributed by atoms with E-state index in [2.05, 4.69) is 0 Å². The third kappa shape index (κ3) is 3.47. The fraction of sp³-hybridized carbons (Fsp3) is 0.417. The van der Waals surface area contributed by atoms with Crippen molar-refractivity contribution >= 4 is 5.97 Å². The summed E-state index contributed by atoms with van der Waals surface area (Å²) >= 11 is 0. The van der Waals surface area contributed by atoms with Crippen molar-refractivity contribution in [3.8, 4) is 0 Å². The summed E-state index contributed by atoms with van der Waals surface area (Å²) in [4.78, 5) is 10.6. The highest BCUT2D eigenvalue weighted by Gasteiger charge is 2.44. The predicted molar refractivity (Wildman–Crippen MR) is 56.8 cm³/mol. The van der Waals surface area contributed by atoms with Crippen LogP contribution in [0.4, 0.5) is 13.2 Å². The number of benzene rings is 1. The van der Waals surface area contributed by atoms with Gasteiger partial charge in [0, 0.05) is 0 Å². The second-order valence-corrected chi connectivity index (χ2v) is 4.06. The van der Waals surface area contributed by atoms with Crippen LogP contribution in [0.25, 0.3) is 0 Å². The summed E-state index contributed by atoms with van der Waals surface area (Å²) in [6.45, 7) is 3.62. The smallest absolute Gasteiger partial charge is 0.402 e. The maximum Gasteiger partial charge on any atom is 0.402 e. The van der Waals surface area contributed by atoms with Crippen LogP contribution in [-0.2, 0) is 11.2 Å². The number of aliphatic carboxylic acids is 1. The van der Waals surface area contributed by atoms with Gasteiger partial charge < -0.3 is 5.11 Å². The zero-order valence-corrected chi connectivity index (χ0v) is 9.51. The van der Waals surface area contributed by atoms with Crippen LogP contribution in [0.3, 0.4) is 0 Å². The van der Waals surface area contributed by atoms with E-state index in [4.69, 9.17) is 5.11 Å².